The Hall–Kier alpha value is -0.870. The van der Waals surface area contributed by atoms with E-state index in [2.05, 4.69) is 15.4 Å². The molecule has 1 aliphatic heterocycles. The molecule has 0 bridgehead atoms. The number of hydrogen-bond acceptors (Lipinski definition) is 4. The Labute approximate surface area is 115 Å². The first-order valence-corrected chi connectivity index (χ1v) is 7.60. The molecule has 1 saturated heterocycles. The van der Waals surface area contributed by atoms with Crippen molar-refractivity contribution in [2.45, 2.75) is 52.1 Å². The first kappa shape index (κ1) is 13.1. The molecule has 3 rings (SSSR count). The first-order valence-electron chi connectivity index (χ1n) is 7.60. The van der Waals surface area contributed by atoms with Gasteiger partial charge in [0.2, 0.25) is 0 Å². The van der Waals surface area contributed by atoms with Gasteiger partial charge in [0, 0.05) is 18.2 Å². The second-order valence-electron chi connectivity index (χ2n) is 6.20. The lowest BCUT2D eigenvalue weighted by Gasteiger charge is -2.32. The maximum atomic E-state index is 5.24. The van der Waals surface area contributed by atoms with Crippen molar-refractivity contribution in [1.82, 2.24) is 15.4 Å². The number of aryl methyl sites for hydroxylation is 2. The summed E-state index contributed by atoms with van der Waals surface area (Å²) in [6, 6.07) is 0.848. The van der Waals surface area contributed by atoms with Gasteiger partial charge in [0.05, 0.1) is 5.69 Å². The lowest BCUT2D eigenvalue weighted by molar-refractivity contribution is 0.174. The Morgan fingerprint density at radius 2 is 1.95 bits per heavy atom. The largest absolute Gasteiger partial charge is 0.361 e. The Bertz CT molecular complexity index is 398. The fourth-order valence-corrected chi connectivity index (χ4v) is 2.92. The molecular weight excluding hydrogens is 238 g/mol. The molecule has 2 heterocycles. The van der Waals surface area contributed by atoms with Gasteiger partial charge >= 0.3 is 0 Å². The molecule has 106 valence electrons. The van der Waals surface area contributed by atoms with Crippen LogP contribution in [0.25, 0.3) is 0 Å². The first-order chi connectivity index (χ1) is 9.22. The molecule has 4 heteroatoms. The minimum absolute atomic E-state index is 0.848. The predicted molar refractivity (Wildman–Crippen MR) is 75.0 cm³/mol. The molecule has 2 aliphatic rings. The minimum atomic E-state index is 0.848. The molecule has 0 radical (unpaired) electrons. The smallest absolute Gasteiger partial charge is 0.138 e. The highest BCUT2D eigenvalue weighted by atomic mass is 16.5. The van der Waals surface area contributed by atoms with Gasteiger partial charge in [-0.3, -0.25) is 4.90 Å². The summed E-state index contributed by atoms with van der Waals surface area (Å²) in [6.45, 7) is 8.70. The fourth-order valence-electron chi connectivity index (χ4n) is 2.92. The standard InChI is InChI=1S/C15H25N3O/c1-11-15(12(2)19-17-11)10-18-7-5-13(6-8-18)9-16-14-3-4-14/h13-14,16H,3-10H2,1-2H3. The molecule has 1 aliphatic carbocycles. The van der Waals surface area contributed by atoms with Crippen molar-refractivity contribution in [3.05, 3.63) is 17.0 Å². The molecule has 0 amide bonds. The summed E-state index contributed by atoms with van der Waals surface area (Å²) >= 11 is 0. The number of nitrogens with one attached hydrogen (secondary N) is 1. The van der Waals surface area contributed by atoms with Crippen LogP contribution in [0.1, 0.15) is 42.7 Å². The van der Waals surface area contributed by atoms with E-state index in [4.69, 9.17) is 4.52 Å². The second kappa shape index (κ2) is 5.63. The number of rotatable bonds is 5. The third-order valence-electron chi connectivity index (χ3n) is 4.54. The normalized spacial score (nSPS) is 22.0. The van der Waals surface area contributed by atoms with E-state index in [1.54, 1.807) is 0 Å². The molecule has 0 atom stereocenters. The Morgan fingerprint density at radius 3 is 2.53 bits per heavy atom. The second-order valence-corrected chi connectivity index (χ2v) is 6.20. The third-order valence-corrected chi connectivity index (χ3v) is 4.54. The zero-order chi connectivity index (χ0) is 13.2. The minimum Gasteiger partial charge on any atom is -0.361 e. The Balaban J connectivity index is 1.44. The van der Waals surface area contributed by atoms with Crippen molar-refractivity contribution in [3.8, 4) is 0 Å². The van der Waals surface area contributed by atoms with E-state index < -0.39 is 0 Å². The van der Waals surface area contributed by atoms with Gasteiger partial charge < -0.3 is 9.84 Å². The predicted octanol–water partition coefficient (Wildman–Crippen LogP) is 2.26. The van der Waals surface area contributed by atoms with Crippen molar-refractivity contribution < 1.29 is 4.52 Å². The number of likely N-dealkylation sites (tertiary alicyclic amines) is 1. The average molecular weight is 263 g/mol. The topological polar surface area (TPSA) is 41.3 Å². The summed E-state index contributed by atoms with van der Waals surface area (Å²) in [7, 11) is 0. The van der Waals surface area contributed by atoms with Crippen molar-refractivity contribution in [3.63, 3.8) is 0 Å². The summed E-state index contributed by atoms with van der Waals surface area (Å²) in [5.41, 5.74) is 2.34. The third kappa shape index (κ3) is 3.37. The highest BCUT2D eigenvalue weighted by Gasteiger charge is 2.25. The molecule has 1 N–H and O–H groups in total. The van der Waals surface area contributed by atoms with Crippen LogP contribution in [0.4, 0.5) is 0 Å². The van der Waals surface area contributed by atoms with Crippen LogP contribution in [0.2, 0.25) is 0 Å². The molecule has 2 fully saturated rings. The van der Waals surface area contributed by atoms with Crippen LogP contribution >= 0.6 is 0 Å². The van der Waals surface area contributed by atoms with Crippen LogP contribution in [0.15, 0.2) is 4.52 Å². The van der Waals surface area contributed by atoms with Crippen LogP contribution in [-0.2, 0) is 6.54 Å². The van der Waals surface area contributed by atoms with E-state index in [1.165, 1.54) is 50.9 Å². The summed E-state index contributed by atoms with van der Waals surface area (Å²) in [6.07, 6.45) is 5.43. The highest BCUT2D eigenvalue weighted by Crippen LogP contribution is 2.23. The Morgan fingerprint density at radius 1 is 1.21 bits per heavy atom. The van der Waals surface area contributed by atoms with Gasteiger partial charge in [0.25, 0.3) is 0 Å². The van der Waals surface area contributed by atoms with Gasteiger partial charge in [-0.15, -0.1) is 0 Å². The molecule has 0 spiro atoms. The van der Waals surface area contributed by atoms with Crippen LogP contribution in [0.5, 0.6) is 0 Å². The van der Waals surface area contributed by atoms with Gasteiger partial charge in [0.15, 0.2) is 0 Å². The van der Waals surface area contributed by atoms with Gasteiger partial charge in [-0.2, -0.15) is 0 Å². The fraction of sp³-hybridized carbons (Fsp3) is 0.800. The van der Waals surface area contributed by atoms with Gasteiger partial charge in [-0.25, -0.2) is 0 Å². The summed E-state index contributed by atoms with van der Waals surface area (Å²) < 4.78 is 5.24. The molecule has 1 saturated carbocycles. The number of nitrogens with zero attached hydrogens (tertiary/aromatic N) is 2. The monoisotopic (exact) mass is 263 g/mol. The van der Waals surface area contributed by atoms with Crippen molar-refractivity contribution in [2.75, 3.05) is 19.6 Å². The van der Waals surface area contributed by atoms with E-state index in [0.717, 1.165) is 30.0 Å². The summed E-state index contributed by atoms with van der Waals surface area (Å²) in [5.74, 6) is 1.86. The number of hydrogen-bond donors (Lipinski definition) is 1. The number of aromatic nitrogens is 1. The summed E-state index contributed by atoms with van der Waals surface area (Å²) in [4.78, 5) is 2.54. The lowest BCUT2D eigenvalue weighted by Crippen LogP contribution is -2.37. The molecular formula is C15H25N3O. The van der Waals surface area contributed by atoms with E-state index in [0.29, 0.717) is 0 Å². The highest BCUT2D eigenvalue weighted by molar-refractivity contribution is 5.20. The molecule has 1 aromatic heterocycles. The number of piperidine rings is 1. The van der Waals surface area contributed by atoms with Gasteiger partial charge in [0.1, 0.15) is 5.76 Å². The van der Waals surface area contributed by atoms with Crippen LogP contribution in [0.3, 0.4) is 0 Å². The zero-order valence-corrected chi connectivity index (χ0v) is 12.1. The van der Waals surface area contributed by atoms with Gasteiger partial charge in [-0.05, 0) is 65.1 Å². The Kier molecular flexibility index (Phi) is 3.89. The maximum Gasteiger partial charge on any atom is 0.138 e. The van der Waals surface area contributed by atoms with Crippen molar-refractivity contribution in [2.24, 2.45) is 5.92 Å². The molecule has 4 nitrogen and oxygen atoms in total. The van der Waals surface area contributed by atoms with E-state index >= 15 is 0 Å². The SMILES string of the molecule is Cc1noc(C)c1CN1CCC(CNC2CC2)CC1. The quantitative estimate of drug-likeness (QED) is 0.884. The van der Waals surface area contributed by atoms with Crippen LogP contribution in [0, 0.1) is 19.8 Å². The average Bonchev–Trinajstić information content (AvgIpc) is 3.20. The maximum absolute atomic E-state index is 5.24. The van der Waals surface area contributed by atoms with Gasteiger partial charge in [-0.1, -0.05) is 5.16 Å². The molecule has 0 unspecified atom stereocenters. The van der Waals surface area contributed by atoms with Crippen molar-refractivity contribution in [1.29, 1.82) is 0 Å². The van der Waals surface area contributed by atoms with Crippen LogP contribution < -0.4 is 5.32 Å². The van der Waals surface area contributed by atoms with E-state index in [-0.39, 0.29) is 0 Å². The molecule has 0 aromatic carbocycles. The van der Waals surface area contributed by atoms with Crippen molar-refractivity contribution >= 4 is 0 Å². The van der Waals surface area contributed by atoms with E-state index in [9.17, 15) is 0 Å². The summed E-state index contributed by atoms with van der Waals surface area (Å²) in [5, 5.41) is 7.70. The zero-order valence-electron chi connectivity index (χ0n) is 12.1. The molecule has 1 aromatic rings. The molecule has 19 heavy (non-hydrogen) atoms. The van der Waals surface area contributed by atoms with E-state index in [1.807, 2.05) is 13.8 Å². The van der Waals surface area contributed by atoms with Crippen LogP contribution in [-0.4, -0.2) is 35.7 Å². The lowest BCUT2D eigenvalue weighted by atomic mass is 9.96.